The number of aliphatic hydroxyl groups excluding tert-OH is 4. The molecule has 2 aromatic rings. The van der Waals surface area contributed by atoms with Gasteiger partial charge in [0.2, 0.25) is 0 Å². The molecule has 2 fully saturated rings. The Morgan fingerprint density at radius 2 is 1.66 bits per heavy atom. The summed E-state index contributed by atoms with van der Waals surface area (Å²) < 4.78 is 11.6. The second-order valence-corrected chi connectivity index (χ2v) is 9.21. The molecular formula is C26H34O6. The molecule has 1 aliphatic heterocycles. The number of aryl methyl sites for hydroxylation is 1. The molecule has 4 rings (SSSR count). The number of aliphatic hydroxyl groups is 4. The van der Waals surface area contributed by atoms with Gasteiger partial charge in [-0.3, -0.25) is 0 Å². The summed E-state index contributed by atoms with van der Waals surface area (Å²) in [5.74, 6) is 0. The van der Waals surface area contributed by atoms with Gasteiger partial charge in [0.25, 0.3) is 0 Å². The van der Waals surface area contributed by atoms with Crippen LogP contribution in [0.2, 0.25) is 0 Å². The normalized spacial score (nSPS) is 29.9. The first-order chi connectivity index (χ1) is 15.4. The summed E-state index contributed by atoms with van der Waals surface area (Å²) in [5.41, 5.74) is 5.17. The molecule has 4 N–H and O–H groups in total. The molecule has 0 radical (unpaired) electrons. The zero-order chi connectivity index (χ0) is 22.9. The van der Waals surface area contributed by atoms with Crippen molar-refractivity contribution in [2.45, 2.75) is 75.1 Å². The lowest BCUT2D eigenvalue weighted by molar-refractivity contribution is -0.231. The van der Waals surface area contributed by atoms with Gasteiger partial charge in [0.05, 0.1) is 12.2 Å². The highest BCUT2D eigenvalue weighted by Gasteiger charge is 2.44. The maximum absolute atomic E-state index is 10.5. The van der Waals surface area contributed by atoms with Crippen molar-refractivity contribution >= 4 is 0 Å². The average molecular weight is 443 g/mol. The molecule has 0 spiro atoms. The van der Waals surface area contributed by atoms with Gasteiger partial charge in [-0.05, 0) is 54.0 Å². The molecule has 32 heavy (non-hydrogen) atoms. The minimum atomic E-state index is -1.38. The van der Waals surface area contributed by atoms with Gasteiger partial charge in [-0.2, -0.15) is 0 Å². The summed E-state index contributed by atoms with van der Waals surface area (Å²) in [7, 11) is 1.80. The number of ether oxygens (including phenoxy) is 2. The SMILES string of the molecule is COC1(c2ccc(Cc3cc([C@@H]4O[C@H](CO)[C@@H](O)[C@H](O)[C@H]4O)ccc3C)cc2)CCCC1. The average Bonchev–Trinajstić information content (AvgIpc) is 3.30. The molecule has 0 amide bonds. The van der Waals surface area contributed by atoms with Gasteiger partial charge < -0.3 is 29.9 Å². The summed E-state index contributed by atoms with van der Waals surface area (Å²) in [6.07, 6.45) is -0.533. The third-order valence-corrected chi connectivity index (χ3v) is 7.27. The molecule has 1 saturated heterocycles. The van der Waals surface area contributed by atoms with Crippen molar-refractivity contribution in [3.8, 4) is 0 Å². The fourth-order valence-corrected chi connectivity index (χ4v) is 5.14. The molecule has 6 nitrogen and oxygen atoms in total. The van der Waals surface area contributed by atoms with Gasteiger partial charge in [0.1, 0.15) is 30.5 Å². The van der Waals surface area contributed by atoms with E-state index in [0.29, 0.717) is 5.56 Å². The van der Waals surface area contributed by atoms with Crippen molar-refractivity contribution < 1.29 is 29.9 Å². The van der Waals surface area contributed by atoms with Crippen LogP contribution in [0.5, 0.6) is 0 Å². The van der Waals surface area contributed by atoms with Gasteiger partial charge in [-0.25, -0.2) is 0 Å². The third kappa shape index (κ3) is 4.36. The minimum absolute atomic E-state index is 0.155. The molecule has 0 unspecified atom stereocenters. The molecule has 6 heteroatoms. The van der Waals surface area contributed by atoms with Crippen LogP contribution in [0.4, 0.5) is 0 Å². The summed E-state index contributed by atoms with van der Waals surface area (Å²) >= 11 is 0. The van der Waals surface area contributed by atoms with E-state index < -0.39 is 37.1 Å². The van der Waals surface area contributed by atoms with Crippen LogP contribution in [0.15, 0.2) is 42.5 Å². The predicted octanol–water partition coefficient (Wildman–Crippen LogP) is 2.52. The summed E-state index contributed by atoms with van der Waals surface area (Å²) in [5, 5.41) is 40.1. The maximum atomic E-state index is 10.5. The van der Waals surface area contributed by atoms with E-state index in [0.717, 1.165) is 30.4 Å². The number of methoxy groups -OCH3 is 1. The third-order valence-electron chi connectivity index (χ3n) is 7.27. The largest absolute Gasteiger partial charge is 0.394 e. The molecule has 2 aliphatic rings. The minimum Gasteiger partial charge on any atom is -0.394 e. The van der Waals surface area contributed by atoms with Crippen LogP contribution in [0.3, 0.4) is 0 Å². The Kier molecular flexibility index (Phi) is 7.00. The van der Waals surface area contributed by atoms with Crippen LogP contribution < -0.4 is 0 Å². The van der Waals surface area contributed by atoms with Crippen molar-refractivity contribution in [2.24, 2.45) is 0 Å². The Labute approximate surface area is 189 Å². The van der Waals surface area contributed by atoms with Crippen LogP contribution in [0.1, 0.15) is 59.6 Å². The van der Waals surface area contributed by atoms with E-state index in [9.17, 15) is 20.4 Å². The summed E-state index contributed by atoms with van der Waals surface area (Å²) in [6.45, 7) is 1.61. The number of benzene rings is 2. The first-order valence-corrected chi connectivity index (χ1v) is 11.4. The van der Waals surface area contributed by atoms with E-state index >= 15 is 0 Å². The highest BCUT2D eigenvalue weighted by molar-refractivity contribution is 5.38. The lowest BCUT2D eigenvalue weighted by atomic mass is 9.88. The molecule has 1 aliphatic carbocycles. The highest BCUT2D eigenvalue weighted by Crippen LogP contribution is 2.41. The first-order valence-electron chi connectivity index (χ1n) is 11.4. The monoisotopic (exact) mass is 442 g/mol. The fraction of sp³-hybridized carbons (Fsp3) is 0.538. The Morgan fingerprint density at radius 1 is 0.969 bits per heavy atom. The van der Waals surface area contributed by atoms with Crippen molar-refractivity contribution in [3.05, 3.63) is 70.3 Å². The molecule has 0 aromatic heterocycles. The quantitative estimate of drug-likeness (QED) is 0.549. The predicted molar refractivity (Wildman–Crippen MR) is 120 cm³/mol. The van der Waals surface area contributed by atoms with Gasteiger partial charge >= 0.3 is 0 Å². The second-order valence-electron chi connectivity index (χ2n) is 9.21. The highest BCUT2D eigenvalue weighted by atomic mass is 16.5. The summed E-state index contributed by atoms with van der Waals surface area (Å²) in [6, 6.07) is 14.4. The van der Waals surface area contributed by atoms with E-state index in [1.807, 2.05) is 25.1 Å². The first kappa shape index (κ1) is 23.4. The molecule has 2 aromatic carbocycles. The van der Waals surface area contributed by atoms with Crippen molar-refractivity contribution in [2.75, 3.05) is 13.7 Å². The van der Waals surface area contributed by atoms with Gasteiger partial charge in [0, 0.05) is 7.11 Å². The lowest BCUT2D eigenvalue weighted by Crippen LogP contribution is -2.55. The molecule has 0 bridgehead atoms. The Morgan fingerprint density at radius 3 is 2.28 bits per heavy atom. The van der Waals surface area contributed by atoms with E-state index in [2.05, 4.69) is 24.3 Å². The molecule has 5 atom stereocenters. The van der Waals surface area contributed by atoms with Crippen LogP contribution in [-0.2, 0) is 21.5 Å². The van der Waals surface area contributed by atoms with E-state index in [1.165, 1.54) is 24.0 Å². The number of hydrogen-bond donors (Lipinski definition) is 4. The fourth-order valence-electron chi connectivity index (χ4n) is 5.14. The Bertz CT molecular complexity index is 903. The number of hydrogen-bond acceptors (Lipinski definition) is 6. The van der Waals surface area contributed by atoms with Crippen molar-refractivity contribution in [1.29, 1.82) is 0 Å². The van der Waals surface area contributed by atoms with Crippen LogP contribution in [-0.4, -0.2) is 58.6 Å². The van der Waals surface area contributed by atoms with E-state index in [-0.39, 0.29) is 5.60 Å². The topological polar surface area (TPSA) is 99.4 Å². The zero-order valence-electron chi connectivity index (χ0n) is 18.8. The van der Waals surface area contributed by atoms with Crippen LogP contribution in [0, 0.1) is 6.92 Å². The maximum Gasteiger partial charge on any atom is 0.113 e. The van der Waals surface area contributed by atoms with Gasteiger partial charge in [-0.1, -0.05) is 55.3 Å². The van der Waals surface area contributed by atoms with Crippen LogP contribution in [0.25, 0.3) is 0 Å². The molecule has 174 valence electrons. The molecule has 1 saturated carbocycles. The number of rotatable bonds is 6. The van der Waals surface area contributed by atoms with Crippen molar-refractivity contribution in [3.63, 3.8) is 0 Å². The van der Waals surface area contributed by atoms with Crippen molar-refractivity contribution in [1.82, 2.24) is 0 Å². The van der Waals surface area contributed by atoms with Gasteiger partial charge in [0.15, 0.2) is 0 Å². The van der Waals surface area contributed by atoms with Gasteiger partial charge in [-0.15, -0.1) is 0 Å². The zero-order valence-corrected chi connectivity index (χ0v) is 18.8. The van der Waals surface area contributed by atoms with E-state index in [1.54, 1.807) is 7.11 Å². The summed E-state index contributed by atoms with van der Waals surface area (Å²) in [4.78, 5) is 0. The smallest absolute Gasteiger partial charge is 0.113 e. The lowest BCUT2D eigenvalue weighted by Gasteiger charge is -2.40. The standard InChI is InChI=1S/C26H34O6/c1-16-5-8-18(25-24(30)23(29)22(28)21(15-27)32-25)14-19(16)13-17-6-9-20(10-7-17)26(31-2)11-3-4-12-26/h5-10,14,21-25,27-30H,3-4,11-13,15H2,1-2H3/t21-,22-,23+,24-,25+/m1/s1. The van der Waals surface area contributed by atoms with Crippen LogP contribution >= 0.6 is 0 Å². The van der Waals surface area contributed by atoms with E-state index in [4.69, 9.17) is 9.47 Å². The molecule has 1 heterocycles. The second kappa shape index (κ2) is 9.59. The Balaban J connectivity index is 1.54. The Hall–Kier alpha value is -1.80. The molecular weight excluding hydrogens is 408 g/mol.